The molecular weight excluding hydrogens is 230 g/mol. The molecule has 0 N–H and O–H groups in total. The lowest BCUT2D eigenvalue weighted by Crippen LogP contribution is -2.37. The zero-order valence-electron chi connectivity index (χ0n) is 11.4. The quantitative estimate of drug-likeness (QED) is 0.676. The topological polar surface area (TPSA) is 3.24 Å². The van der Waals surface area contributed by atoms with E-state index >= 15 is 0 Å². The number of allylic oxidation sites excluding steroid dienone is 3. The van der Waals surface area contributed by atoms with Gasteiger partial charge in [0.15, 0.2) is 0 Å². The molecule has 19 heavy (non-hydrogen) atoms. The molecule has 1 aromatic carbocycles. The largest absolute Gasteiger partial charge is 0.295 e. The van der Waals surface area contributed by atoms with Gasteiger partial charge in [0.2, 0.25) is 0 Å². The highest BCUT2D eigenvalue weighted by molar-refractivity contribution is 5.34. The van der Waals surface area contributed by atoms with Crippen molar-refractivity contribution in [2.75, 3.05) is 13.1 Å². The Bertz CT molecular complexity index is 540. The standard InChI is InChI=1S/C18H21N/c1-2-7-16-13-19-12-11-15-6-3-4-8-17(15)18(19)10-9-14(16)5-1/h1-6,8,16,18H,7,9-13H2. The number of hydrogen-bond acceptors (Lipinski definition) is 1. The molecule has 0 amide bonds. The first kappa shape index (κ1) is 11.5. The van der Waals surface area contributed by atoms with Gasteiger partial charge in [-0.1, -0.05) is 48.1 Å². The van der Waals surface area contributed by atoms with Crippen molar-refractivity contribution in [1.82, 2.24) is 4.90 Å². The van der Waals surface area contributed by atoms with Gasteiger partial charge in [0.05, 0.1) is 0 Å². The van der Waals surface area contributed by atoms with Crippen LogP contribution in [0.25, 0.3) is 0 Å². The maximum absolute atomic E-state index is 2.74. The monoisotopic (exact) mass is 251 g/mol. The molecule has 0 radical (unpaired) electrons. The minimum absolute atomic E-state index is 0.663. The van der Waals surface area contributed by atoms with Crippen molar-refractivity contribution in [3.05, 3.63) is 59.2 Å². The average molecular weight is 251 g/mol. The third-order valence-electron chi connectivity index (χ3n) is 5.08. The minimum Gasteiger partial charge on any atom is -0.295 e. The van der Waals surface area contributed by atoms with Crippen molar-refractivity contribution in [2.45, 2.75) is 31.7 Å². The van der Waals surface area contributed by atoms with Crippen LogP contribution in [0.1, 0.15) is 36.4 Å². The van der Waals surface area contributed by atoms with Crippen LogP contribution < -0.4 is 0 Å². The number of benzene rings is 1. The van der Waals surface area contributed by atoms with E-state index in [0.717, 1.165) is 5.92 Å². The fourth-order valence-corrected chi connectivity index (χ4v) is 4.05. The third-order valence-corrected chi connectivity index (χ3v) is 5.08. The van der Waals surface area contributed by atoms with E-state index in [2.05, 4.69) is 47.4 Å². The highest BCUT2D eigenvalue weighted by atomic mass is 15.2. The molecule has 4 rings (SSSR count). The Hall–Kier alpha value is -1.34. The average Bonchev–Trinajstić information content (AvgIpc) is 2.66. The summed E-state index contributed by atoms with van der Waals surface area (Å²) in [5.74, 6) is 0.778. The van der Waals surface area contributed by atoms with Gasteiger partial charge in [0, 0.05) is 19.1 Å². The summed E-state index contributed by atoms with van der Waals surface area (Å²) in [6.45, 7) is 2.50. The van der Waals surface area contributed by atoms with Gasteiger partial charge in [-0.2, -0.15) is 0 Å². The molecule has 0 aromatic heterocycles. The summed E-state index contributed by atoms with van der Waals surface area (Å²) in [5.41, 5.74) is 4.87. The second kappa shape index (κ2) is 4.64. The maximum atomic E-state index is 2.74. The van der Waals surface area contributed by atoms with Crippen molar-refractivity contribution < 1.29 is 0 Å². The Morgan fingerprint density at radius 1 is 1.11 bits per heavy atom. The van der Waals surface area contributed by atoms with E-state index < -0.39 is 0 Å². The first-order valence-corrected chi connectivity index (χ1v) is 7.59. The van der Waals surface area contributed by atoms with Gasteiger partial charge < -0.3 is 0 Å². The molecule has 2 atom stereocenters. The Morgan fingerprint density at radius 2 is 2.05 bits per heavy atom. The van der Waals surface area contributed by atoms with E-state index in [1.165, 1.54) is 38.8 Å². The van der Waals surface area contributed by atoms with Gasteiger partial charge >= 0.3 is 0 Å². The normalized spacial score (nSPS) is 29.8. The summed E-state index contributed by atoms with van der Waals surface area (Å²) in [7, 11) is 0. The molecule has 1 saturated heterocycles. The van der Waals surface area contributed by atoms with Crippen LogP contribution in [0, 0.1) is 5.92 Å². The van der Waals surface area contributed by atoms with Gasteiger partial charge in [-0.15, -0.1) is 0 Å². The van der Waals surface area contributed by atoms with Gasteiger partial charge in [-0.25, -0.2) is 0 Å². The molecular formula is C18H21N. The van der Waals surface area contributed by atoms with Crippen LogP contribution in [0.4, 0.5) is 0 Å². The van der Waals surface area contributed by atoms with Crippen molar-refractivity contribution in [1.29, 1.82) is 0 Å². The second-order valence-corrected chi connectivity index (χ2v) is 6.10. The predicted molar refractivity (Wildman–Crippen MR) is 79.0 cm³/mol. The smallest absolute Gasteiger partial charge is 0.0354 e. The lowest BCUT2D eigenvalue weighted by atomic mass is 9.88. The third kappa shape index (κ3) is 1.97. The minimum atomic E-state index is 0.663. The number of rotatable bonds is 0. The molecule has 1 heteroatoms. The molecule has 1 aliphatic carbocycles. The van der Waals surface area contributed by atoms with E-state index in [0.29, 0.717) is 6.04 Å². The lowest BCUT2D eigenvalue weighted by molar-refractivity contribution is 0.172. The van der Waals surface area contributed by atoms with E-state index in [1.807, 2.05) is 0 Å². The first-order chi connectivity index (χ1) is 9.42. The molecule has 1 nitrogen and oxygen atoms in total. The van der Waals surface area contributed by atoms with Gasteiger partial charge in [0.1, 0.15) is 0 Å². The molecule has 2 unspecified atom stereocenters. The molecule has 2 aliphatic heterocycles. The second-order valence-electron chi connectivity index (χ2n) is 6.10. The zero-order chi connectivity index (χ0) is 12.7. The van der Waals surface area contributed by atoms with Crippen LogP contribution in [0.5, 0.6) is 0 Å². The van der Waals surface area contributed by atoms with Gasteiger partial charge in [0.25, 0.3) is 0 Å². The molecule has 2 heterocycles. The Kier molecular flexibility index (Phi) is 2.81. The van der Waals surface area contributed by atoms with E-state index in [9.17, 15) is 0 Å². The van der Waals surface area contributed by atoms with Crippen LogP contribution in [-0.2, 0) is 6.42 Å². The molecule has 0 saturated carbocycles. The maximum Gasteiger partial charge on any atom is 0.0354 e. The van der Waals surface area contributed by atoms with Crippen LogP contribution in [0.15, 0.2) is 48.1 Å². The number of fused-ring (bicyclic) bond motifs is 4. The Balaban J connectivity index is 1.68. The SMILES string of the molecule is C1=CCC2CN3CCc4ccccc4C3CCC2=C1. The summed E-state index contributed by atoms with van der Waals surface area (Å²) >= 11 is 0. The Morgan fingerprint density at radius 3 is 3.05 bits per heavy atom. The number of hydrogen-bond donors (Lipinski definition) is 0. The van der Waals surface area contributed by atoms with Crippen molar-refractivity contribution in [2.24, 2.45) is 5.92 Å². The summed E-state index contributed by atoms with van der Waals surface area (Å²) in [6, 6.07) is 9.74. The van der Waals surface area contributed by atoms with Gasteiger partial charge in [-0.05, 0) is 42.7 Å². The van der Waals surface area contributed by atoms with E-state index in [4.69, 9.17) is 0 Å². The van der Waals surface area contributed by atoms with Crippen molar-refractivity contribution in [3.63, 3.8) is 0 Å². The van der Waals surface area contributed by atoms with Crippen molar-refractivity contribution in [3.8, 4) is 0 Å². The van der Waals surface area contributed by atoms with Crippen LogP contribution in [0.3, 0.4) is 0 Å². The number of nitrogens with zero attached hydrogens (tertiary/aromatic N) is 1. The first-order valence-electron chi connectivity index (χ1n) is 7.59. The molecule has 1 fully saturated rings. The van der Waals surface area contributed by atoms with E-state index in [1.54, 1.807) is 16.7 Å². The molecule has 1 aromatic rings. The summed E-state index contributed by atoms with van der Waals surface area (Å²) < 4.78 is 0. The Labute approximate surface area is 115 Å². The summed E-state index contributed by atoms with van der Waals surface area (Å²) in [5, 5.41) is 0. The molecule has 0 spiro atoms. The predicted octanol–water partition coefficient (Wildman–Crippen LogP) is 3.88. The fourth-order valence-electron chi connectivity index (χ4n) is 4.05. The van der Waals surface area contributed by atoms with Gasteiger partial charge in [-0.3, -0.25) is 4.90 Å². The zero-order valence-corrected chi connectivity index (χ0v) is 11.4. The molecule has 3 aliphatic rings. The fraction of sp³-hybridized carbons (Fsp3) is 0.444. The summed E-state index contributed by atoms with van der Waals surface area (Å²) in [4.78, 5) is 2.74. The summed E-state index contributed by atoms with van der Waals surface area (Å²) in [6.07, 6.45) is 12.0. The van der Waals surface area contributed by atoms with Crippen LogP contribution >= 0.6 is 0 Å². The van der Waals surface area contributed by atoms with Crippen molar-refractivity contribution >= 4 is 0 Å². The van der Waals surface area contributed by atoms with E-state index in [-0.39, 0.29) is 0 Å². The van der Waals surface area contributed by atoms with Crippen LogP contribution in [0.2, 0.25) is 0 Å². The van der Waals surface area contributed by atoms with Crippen LogP contribution in [-0.4, -0.2) is 18.0 Å². The highest BCUT2D eigenvalue weighted by Crippen LogP contribution is 2.40. The molecule has 0 bridgehead atoms. The molecule has 98 valence electrons. The highest BCUT2D eigenvalue weighted by Gasteiger charge is 2.32. The lowest BCUT2D eigenvalue weighted by Gasteiger charge is -2.37.